The van der Waals surface area contributed by atoms with Crippen LogP contribution in [-0.2, 0) is 7.05 Å². The Balaban J connectivity index is 0.000000861. The van der Waals surface area contributed by atoms with Gasteiger partial charge in [-0.15, -0.1) is 0 Å². The minimum Gasteiger partial charge on any atom is -0.493 e. The number of nitrogens with zero attached hydrogens (tertiary/aromatic N) is 2. The molecule has 0 bridgehead atoms. The summed E-state index contributed by atoms with van der Waals surface area (Å²) in [6.07, 6.45) is 4.64. The highest BCUT2D eigenvalue weighted by Gasteiger charge is 2.25. The van der Waals surface area contributed by atoms with E-state index in [1.54, 1.807) is 7.11 Å². The van der Waals surface area contributed by atoms with Crippen molar-refractivity contribution < 1.29 is 4.74 Å². The second-order valence-corrected chi connectivity index (χ2v) is 4.53. The van der Waals surface area contributed by atoms with E-state index in [9.17, 15) is 0 Å². The number of pyridine rings is 1. The number of aromatic nitrogens is 1. The number of ether oxygens (including phenoxy) is 1. The number of aryl methyl sites for hydroxylation is 1. The molecule has 1 fully saturated rings. The maximum atomic E-state index is 5.38. The fourth-order valence-electron chi connectivity index (χ4n) is 1.90. The average molecular weight is 262 g/mol. The van der Waals surface area contributed by atoms with Crippen molar-refractivity contribution in [1.82, 2.24) is 4.57 Å². The SMILES string of the molecule is C/C=C(/N=c1c(OC)ccc(C)n1C)C1CC1.CC. The van der Waals surface area contributed by atoms with E-state index in [0.29, 0.717) is 5.92 Å². The Morgan fingerprint density at radius 1 is 1.37 bits per heavy atom. The van der Waals surface area contributed by atoms with Crippen molar-refractivity contribution in [3.8, 4) is 5.75 Å². The van der Waals surface area contributed by atoms with Gasteiger partial charge in [-0.2, -0.15) is 0 Å². The van der Waals surface area contributed by atoms with Crippen LogP contribution in [0.2, 0.25) is 0 Å². The smallest absolute Gasteiger partial charge is 0.175 e. The molecule has 1 saturated carbocycles. The first-order chi connectivity index (χ1) is 9.17. The second kappa shape index (κ2) is 7.17. The van der Waals surface area contributed by atoms with Gasteiger partial charge in [-0.05, 0) is 38.8 Å². The standard InChI is InChI=1S/C14H20N2O.C2H6/c1-5-12(11-7-8-11)15-14-13(17-4)9-6-10(2)16(14)3;1-2/h5-6,9,11H,7-8H2,1-4H3;1-2H3/b12-5+,15-14?;. The van der Waals surface area contributed by atoms with E-state index in [1.807, 2.05) is 33.0 Å². The fourth-order valence-corrected chi connectivity index (χ4v) is 1.90. The van der Waals surface area contributed by atoms with E-state index < -0.39 is 0 Å². The lowest BCUT2D eigenvalue weighted by molar-refractivity contribution is 0.401. The van der Waals surface area contributed by atoms with Crippen LogP contribution in [0.15, 0.2) is 28.9 Å². The summed E-state index contributed by atoms with van der Waals surface area (Å²) in [5.41, 5.74) is 3.27. The normalized spacial score (nSPS) is 15.9. The van der Waals surface area contributed by atoms with Crippen molar-refractivity contribution in [3.05, 3.63) is 35.1 Å². The van der Waals surface area contributed by atoms with E-state index >= 15 is 0 Å². The Kier molecular flexibility index (Phi) is 5.87. The first kappa shape index (κ1) is 15.5. The van der Waals surface area contributed by atoms with Gasteiger partial charge in [-0.3, -0.25) is 0 Å². The number of hydrogen-bond acceptors (Lipinski definition) is 2. The zero-order valence-corrected chi connectivity index (χ0v) is 13.0. The molecule has 1 aromatic heterocycles. The Hall–Kier alpha value is -1.51. The molecule has 2 rings (SSSR count). The number of methoxy groups -OCH3 is 1. The highest BCUT2D eigenvalue weighted by atomic mass is 16.5. The summed E-state index contributed by atoms with van der Waals surface area (Å²) in [6, 6.07) is 4.03. The molecule has 0 aliphatic heterocycles. The fraction of sp³-hybridized carbons (Fsp3) is 0.562. The van der Waals surface area contributed by atoms with Crippen LogP contribution in [0.1, 0.15) is 39.3 Å². The molecule has 19 heavy (non-hydrogen) atoms. The van der Waals surface area contributed by atoms with Crippen molar-refractivity contribution in [2.45, 2.75) is 40.5 Å². The molecule has 0 atom stereocenters. The lowest BCUT2D eigenvalue weighted by atomic mass is 10.3. The van der Waals surface area contributed by atoms with Gasteiger partial charge in [0.05, 0.1) is 7.11 Å². The molecule has 1 aromatic rings. The van der Waals surface area contributed by atoms with Crippen LogP contribution in [0.25, 0.3) is 0 Å². The van der Waals surface area contributed by atoms with Gasteiger partial charge in [0, 0.05) is 24.4 Å². The predicted molar refractivity (Wildman–Crippen MR) is 80.1 cm³/mol. The zero-order chi connectivity index (χ0) is 14.4. The maximum absolute atomic E-state index is 5.38. The summed E-state index contributed by atoms with van der Waals surface area (Å²) in [4.78, 5) is 4.77. The summed E-state index contributed by atoms with van der Waals surface area (Å²) in [6.45, 7) is 8.13. The molecule has 3 heteroatoms. The van der Waals surface area contributed by atoms with Crippen LogP contribution >= 0.6 is 0 Å². The summed E-state index contributed by atoms with van der Waals surface area (Å²) in [5.74, 6) is 1.49. The highest BCUT2D eigenvalue weighted by Crippen LogP contribution is 2.36. The van der Waals surface area contributed by atoms with Gasteiger partial charge >= 0.3 is 0 Å². The minimum atomic E-state index is 0.658. The van der Waals surface area contributed by atoms with Gasteiger partial charge in [-0.25, -0.2) is 4.99 Å². The monoisotopic (exact) mass is 262 g/mol. The topological polar surface area (TPSA) is 26.5 Å². The van der Waals surface area contributed by atoms with Crippen molar-refractivity contribution in [3.63, 3.8) is 0 Å². The molecule has 3 nitrogen and oxygen atoms in total. The van der Waals surface area contributed by atoms with Gasteiger partial charge in [0.25, 0.3) is 0 Å². The summed E-state index contributed by atoms with van der Waals surface area (Å²) in [7, 11) is 3.72. The van der Waals surface area contributed by atoms with Crippen molar-refractivity contribution >= 4 is 0 Å². The molecule has 1 aliphatic carbocycles. The van der Waals surface area contributed by atoms with Crippen LogP contribution in [0.4, 0.5) is 0 Å². The number of rotatable bonds is 3. The summed E-state index contributed by atoms with van der Waals surface area (Å²) in [5, 5.41) is 0. The number of allylic oxidation sites excluding steroid dienone is 2. The van der Waals surface area contributed by atoms with Crippen LogP contribution in [0.3, 0.4) is 0 Å². The van der Waals surface area contributed by atoms with E-state index in [-0.39, 0.29) is 0 Å². The Morgan fingerprint density at radius 2 is 2.00 bits per heavy atom. The van der Waals surface area contributed by atoms with E-state index in [4.69, 9.17) is 9.73 Å². The molecule has 0 aromatic carbocycles. The Labute approximate surface area is 116 Å². The molecule has 0 spiro atoms. The molecule has 0 unspecified atom stereocenters. The van der Waals surface area contributed by atoms with Crippen LogP contribution in [0.5, 0.6) is 5.75 Å². The quantitative estimate of drug-likeness (QED) is 0.817. The van der Waals surface area contributed by atoms with Gasteiger partial charge in [0.1, 0.15) is 0 Å². The van der Waals surface area contributed by atoms with Crippen molar-refractivity contribution in [2.24, 2.45) is 18.0 Å². The Bertz CT molecular complexity index is 508. The third kappa shape index (κ3) is 3.72. The largest absolute Gasteiger partial charge is 0.493 e. The third-order valence-electron chi connectivity index (χ3n) is 3.29. The van der Waals surface area contributed by atoms with E-state index in [1.165, 1.54) is 24.2 Å². The minimum absolute atomic E-state index is 0.658. The van der Waals surface area contributed by atoms with Crippen molar-refractivity contribution in [2.75, 3.05) is 7.11 Å². The predicted octanol–water partition coefficient (Wildman–Crippen LogP) is 3.58. The van der Waals surface area contributed by atoms with Gasteiger partial charge < -0.3 is 9.30 Å². The first-order valence-electron chi connectivity index (χ1n) is 7.09. The Morgan fingerprint density at radius 3 is 2.47 bits per heavy atom. The van der Waals surface area contributed by atoms with Gasteiger partial charge in [0.2, 0.25) is 0 Å². The average Bonchev–Trinajstić information content (AvgIpc) is 3.27. The number of hydrogen-bond donors (Lipinski definition) is 0. The molecule has 0 saturated heterocycles. The molecule has 0 amide bonds. The highest BCUT2D eigenvalue weighted by molar-refractivity contribution is 5.22. The van der Waals surface area contributed by atoms with Crippen LogP contribution in [0, 0.1) is 12.8 Å². The van der Waals surface area contributed by atoms with E-state index in [2.05, 4.69) is 24.5 Å². The van der Waals surface area contributed by atoms with Crippen LogP contribution in [-0.4, -0.2) is 11.7 Å². The van der Waals surface area contributed by atoms with Gasteiger partial charge in [0.15, 0.2) is 11.2 Å². The second-order valence-electron chi connectivity index (χ2n) is 4.53. The molecule has 0 N–H and O–H groups in total. The molecule has 1 aliphatic rings. The molecule has 106 valence electrons. The lowest BCUT2D eigenvalue weighted by Gasteiger charge is -2.09. The molecular weight excluding hydrogens is 236 g/mol. The van der Waals surface area contributed by atoms with Gasteiger partial charge in [-0.1, -0.05) is 19.9 Å². The maximum Gasteiger partial charge on any atom is 0.175 e. The van der Waals surface area contributed by atoms with E-state index in [0.717, 1.165) is 11.2 Å². The summed E-state index contributed by atoms with van der Waals surface area (Å²) >= 11 is 0. The lowest BCUT2D eigenvalue weighted by Crippen LogP contribution is -2.22. The third-order valence-corrected chi connectivity index (χ3v) is 3.29. The molecular formula is C16H26N2O. The van der Waals surface area contributed by atoms with Crippen LogP contribution < -0.4 is 10.2 Å². The summed E-state index contributed by atoms with van der Waals surface area (Å²) < 4.78 is 7.46. The first-order valence-corrected chi connectivity index (χ1v) is 7.09. The molecule has 1 heterocycles. The van der Waals surface area contributed by atoms with Crippen molar-refractivity contribution in [1.29, 1.82) is 0 Å². The molecule has 0 radical (unpaired) electrons. The zero-order valence-electron chi connectivity index (χ0n) is 13.0.